The van der Waals surface area contributed by atoms with Crippen LogP contribution in [-0.4, -0.2) is 42.3 Å². The van der Waals surface area contributed by atoms with E-state index in [-0.39, 0.29) is 17.3 Å². The maximum Gasteiger partial charge on any atom is 0.309 e. The molecule has 1 amide bonds. The number of rotatable bonds is 8. The van der Waals surface area contributed by atoms with Gasteiger partial charge in [0.2, 0.25) is 15.9 Å². The van der Waals surface area contributed by atoms with E-state index in [1.165, 1.54) is 28.6 Å². The summed E-state index contributed by atoms with van der Waals surface area (Å²) in [5.41, 5.74) is 0.635. The molecule has 9 heteroatoms. The van der Waals surface area contributed by atoms with Crippen molar-refractivity contribution in [2.24, 2.45) is 5.41 Å². The zero-order valence-corrected chi connectivity index (χ0v) is 20.3. The van der Waals surface area contributed by atoms with Crippen LogP contribution in [0, 0.1) is 5.41 Å². The summed E-state index contributed by atoms with van der Waals surface area (Å²) in [6.07, 6.45) is 2.31. The summed E-state index contributed by atoms with van der Waals surface area (Å²) in [5.74, 6) is -1.18. The predicted molar refractivity (Wildman–Crippen MR) is 126 cm³/mol. The minimum absolute atomic E-state index is 0.0195. The van der Waals surface area contributed by atoms with Gasteiger partial charge in [0.15, 0.2) is 0 Å². The second-order valence-corrected chi connectivity index (χ2v) is 11.3. The van der Waals surface area contributed by atoms with Gasteiger partial charge in [-0.15, -0.1) is 0 Å². The number of carboxylic acid groups (broad SMARTS) is 1. The van der Waals surface area contributed by atoms with Crippen LogP contribution in [-0.2, 0) is 32.6 Å². The molecule has 1 saturated heterocycles. The summed E-state index contributed by atoms with van der Waals surface area (Å²) >= 11 is 5.94. The molecule has 1 heterocycles. The molecule has 1 atom stereocenters. The van der Waals surface area contributed by atoms with Crippen LogP contribution in [0.25, 0.3) is 0 Å². The molecule has 0 unspecified atom stereocenters. The van der Waals surface area contributed by atoms with E-state index in [4.69, 9.17) is 11.6 Å². The second kappa shape index (κ2) is 10.2. The first-order valence-electron chi connectivity index (χ1n) is 10.9. The molecule has 0 aromatic heterocycles. The van der Waals surface area contributed by atoms with Crippen LogP contribution in [0.5, 0.6) is 0 Å². The Bertz CT molecular complexity index is 1100. The number of amides is 1. The SMILES string of the molecule is CC(C)(Cc1ccc(CN([C@@H]2CCCCNC2=O)S(=O)(=O)c2ccc(Cl)cc2)cc1)C(=O)O. The number of hydrogen-bond acceptors (Lipinski definition) is 4. The Morgan fingerprint density at radius 2 is 1.70 bits per heavy atom. The lowest BCUT2D eigenvalue weighted by Crippen LogP contribution is -2.48. The van der Waals surface area contributed by atoms with Gasteiger partial charge in [-0.05, 0) is 74.9 Å². The Morgan fingerprint density at radius 3 is 2.30 bits per heavy atom. The normalized spacial score (nSPS) is 17.5. The lowest BCUT2D eigenvalue weighted by molar-refractivity contribution is -0.146. The van der Waals surface area contributed by atoms with Gasteiger partial charge in [0, 0.05) is 18.1 Å². The van der Waals surface area contributed by atoms with Gasteiger partial charge >= 0.3 is 5.97 Å². The summed E-state index contributed by atoms with van der Waals surface area (Å²) in [6, 6.07) is 12.3. The van der Waals surface area contributed by atoms with Crippen LogP contribution < -0.4 is 5.32 Å². The summed E-state index contributed by atoms with van der Waals surface area (Å²) in [7, 11) is -3.98. The molecule has 178 valence electrons. The molecule has 0 aliphatic carbocycles. The van der Waals surface area contributed by atoms with Gasteiger partial charge in [0.25, 0.3) is 0 Å². The van der Waals surface area contributed by atoms with E-state index in [1.54, 1.807) is 38.1 Å². The molecule has 1 aliphatic rings. The molecule has 0 radical (unpaired) electrons. The van der Waals surface area contributed by atoms with Crippen LogP contribution in [0.4, 0.5) is 0 Å². The smallest absolute Gasteiger partial charge is 0.309 e. The molecule has 2 aromatic carbocycles. The first-order chi connectivity index (χ1) is 15.5. The van der Waals surface area contributed by atoms with Crippen LogP contribution in [0.15, 0.2) is 53.4 Å². The third kappa shape index (κ3) is 6.13. The molecule has 33 heavy (non-hydrogen) atoms. The molecule has 1 fully saturated rings. The van der Waals surface area contributed by atoms with Crippen molar-refractivity contribution in [3.63, 3.8) is 0 Å². The van der Waals surface area contributed by atoms with Gasteiger partial charge in [-0.2, -0.15) is 4.31 Å². The third-order valence-corrected chi connectivity index (χ3v) is 7.98. The third-order valence-electron chi connectivity index (χ3n) is 5.86. The highest BCUT2D eigenvalue weighted by molar-refractivity contribution is 7.89. The van der Waals surface area contributed by atoms with Gasteiger partial charge in [0.05, 0.1) is 10.3 Å². The second-order valence-electron chi connectivity index (χ2n) is 8.99. The fraction of sp³-hybridized carbons (Fsp3) is 0.417. The largest absolute Gasteiger partial charge is 0.481 e. The minimum atomic E-state index is -3.98. The zero-order chi connectivity index (χ0) is 24.2. The van der Waals surface area contributed by atoms with E-state index in [2.05, 4.69) is 5.32 Å². The minimum Gasteiger partial charge on any atom is -0.481 e. The van der Waals surface area contributed by atoms with Gasteiger partial charge in [0.1, 0.15) is 6.04 Å². The van der Waals surface area contributed by atoms with Crippen molar-refractivity contribution in [3.05, 3.63) is 64.7 Å². The van der Waals surface area contributed by atoms with Crippen LogP contribution in [0.3, 0.4) is 0 Å². The molecule has 2 aromatic rings. The first kappa shape index (κ1) is 25.2. The van der Waals surface area contributed by atoms with E-state index in [0.29, 0.717) is 30.0 Å². The number of halogens is 1. The quantitative estimate of drug-likeness (QED) is 0.582. The number of benzene rings is 2. The maximum atomic E-state index is 13.6. The Labute approximate surface area is 199 Å². The molecule has 0 bridgehead atoms. The maximum absolute atomic E-state index is 13.6. The highest BCUT2D eigenvalue weighted by atomic mass is 35.5. The van der Waals surface area contributed by atoms with Gasteiger partial charge in [-0.3, -0.25) is 9.59 Å². The molecule has 7 nitrogen and oxygen atoms in total. The number of nitrogens with one attached hydrogen (secondary N) is 1. The number of carbonyl (C=O) groups excluding carboxylic acids is 1. The zero-order valence-electron chi connectivity index (χ0n) is 18.8. The number of sulfonamides is 1. The molecular weight excluding hydrogens is 464 g/mol. The van der Waals surface area contributed by atoms with Gasteiger partial charge < -0.3 is 10.4 Å². The monoisotopic (exact) mass is 492 g/mol. The molecule has 3 rings (SSSR count). The van der Waals surface area contributed by atoms with Crippen LogP contribution >= 0.6 is 11.6 Å². The van der Waals surface area contributed by atoms with Gasteiger partial charge in [-0.25, -0.2) is 8.42 Å². The van der Waals surface area contributed by atoms with Crippen molar-refractivity contribution >= 4 is 33.5 Å². The van der Waals surface area contributed by atoms with E-state index in [9.17, 15) is 23.1 Å². The van der Waals surface area contributed by atoms with Crippen molar-refractivity contribution < 1.29 is 23.1 Å². The summed E-state index contributed by atoms with van der Waals surface area (Å²) in [6.45, 7) is 3.87. The lowest BCUT2D eigenvalue weighted by Gasteiger charge is -2.29. The number of carboxylic acids is 1. The summed E-state index contributed by atoms with van der Waals surface area (Å²) in [5, 5.41) is 12.6. The van der Waals surface area contributed by atoms with Gasteiger partial charge in [-0.1, -0.05) is 35.9 Å². The Kier molecular flexibility index (Phi) is 7.82. The Morgan fingerprint density at radius 1 is 1.09 bits per heavy atom. The van der Waals surface area contributed by atoms with Crippen molar-refractivity contribution in [1.29, 1.82) is 0 Å². The van der Waals surface area contributed by atoms with E-state index < -0.39 is 27.4 Å². The fourth-order valence-electron chi connectivity index (χ4n) is 3.83. The highest BCUT2D eigenvalue weighted by Crippen LogP contribution is 2.27. The number of hydrogen-bond donors (Lipinski definition) is 2. The summed E-state index contributed by atoms with van der Waals surface area (Å²) in [4.78, 5) is 24.3. The van der Waals surface area contributed by atoms with Crippen molar-refractivity contribution in [2.75, 3.05) is 6.54 Å². The number of carbonyl (C=O) groups is 2. The van der Waals surface area contributed by atoms with Crippen LogP contribution in [0.1, 0.15) is 44.2 Å². The average molecular weight is 493 g/mol. The number of nitrogens with zero attached hydrogens (tertiary/aromatic N) is 1. The molecule has 0 saturated carbocycles. The van der Waals surface area contributed by atoms with Crippen molar-refractivity contribution in [2.45, 2.75) is 57.0 Å². The number of aliphatic carboxylic acids is 1. The molecule has 0 spiro atoms. The van der Waals surface area contributed by atoms with Crippen LogP contribution in [0.2, 0.25) is 5.02 Å². The standard InChI is InChI=1S/C24H29ClN2O5S/c1-24(2,23(29)30)15-17-6-8-18(9-7-17)16-27(21-5-3-4-14-26-22(21)28)33(31,32)20-12-10-19(25)11-13-20/h6-13,21H,3-5,14-16H2,1-2H3,(H,26,28)(H,29,30)/t21-/m1/s1. The Hall–Kier alpha value is -2.42. The van der Waals surface area contributed by atoms with E-state index in [1.807, 2.05) is 0 Å². The fourth-order valence-corrected chi connectivity index (χ4v) is 5.56. The lowest BCUT2D eigenvalue weighted by atomic mass is 9.86. The van der Waals surface area contributed by atoms with Crippen molar-refractivity contribution in [3.8, 4) is 0 Å². The Balaban J connectivity index is 1.92. The molecule has 2 N–H and O–H groups in total. The highest BCUT2D eigenvalue weighted by Gasteiger charge is 2.36. The average Bonchev–Trinajstić information content (AvgIpc) is 2.97. The predicted octanol–water partition coefficient (Wildman–Crippen LogP) is 3.85. The van der Waals surface area contributed by atoms with E-state index >= 15 is 0 Å². The topological polar surface area (TPSA) is 104 Å². The molecular formula is C24H29ClN2O5S. The molecule has 1 aliphatic heterocycles. The first-order valence-corrected chi connectivity index (χ1v) is 12.7. The van der Waals surface area contributed by atoms with E-state index in [0.717, 1.165) is 18.4 Å². The summed E-state index contributed by atoms with van der Waals surface area (Å²) < 4.78 is 28.4. The van der Waals surface area contributed by atoms with Crippen molar-refractivity contribution in [1.82, 2.24) is 9.62 Å².